The molecule has 0 aliphatic carbocycles. The zero-order chi connectivity index (χ0) is 50.9. The number of esters is 1. The molecule has 0 heterocycles. The van der Waals surface area contributed by atoms with Gasteiger partial charge in [-0.05, 0) is 63.9 Å². The smallest absolute Gasteiger partial charge is 0.453 e. The minimum absolute atomic E-state index is 0.171. The van der Waals surface area contributed by atoms with Gasteiger partial charge < -0.3 is 18.0 Å². The molecular weight excluding hydrogens is 942 g/mol. The highest BCUT2D eigenvalue weighted by Gasteiger charge is 2.62. The average Bonchev–Trinajstić information content (AvgIpc) is 3.11. The Kier molecular flexibility index (Phi) is 23.1. The van der Waals surface area contributed by atoms with E-state index in [0.29, 0.717) is 0 Å². The Bertz CT molecular complexity index is 1440. The molecule has 0 rings (SSSR count). The Morgan fingerprint density at radius 1 is 0.516 bits per heavy atom. The number of halogens is 15. The highest BCUT2D eigenvalue weighted by atomic mass is 28.4. The first-order chi connectivity index (χ1) is 28.6. The highest BCUT2D eigenvalue weighted by Crippen LogP contribution is 2.50. The van der Waals surface area contributed by atoms with E-state index in [2.05, 4.69) is 6.58 Å². The van der Waals surface area contributed by atoms with Crippen LogP contribution in [0.3, 0.4) is 0 Å². The first kappa shape index (κ1) is 62.4. The molecule has 380 valence electrons. The highest BCUT2D eigenvalue weighted by molar-refractivity contribution is 6.77. The predicted octanol–water partition coefficient (Wildman–Crippen LogP) is 15.9. The second kappa shape index (κ2) is 23.6. The van der Waals surface area contributed by atoms with Crippen molar-refractivity contribution in [3.05, 3.63) is 24.8 Å². The second-order valence-electron chi connectivity index (χ2n) is 18.5. The molecule has 0 spiro atoms. The van der Waals surface area contributed by atoms with Gasteiger partial charge in [0.05, 0.1) is 25.4 Å². The fourth-order valence-electron chi connectivity index (χ4n) is 8.42. The van der Waals surface area contributed by atoms with E-state index in [1.165, 1.54) is 61.5 Å². The molecule has 0 bridgehead atoms. The van der Waals surface area contributed by atoms with E-state index in [4.69, 9.17) is 18.0 Å². The summed E-state index contributed by atoms with van der Waals surface area (Å²) >= 11 is 0. The van der Waals surface area contributed by atoms with Crippen molar-refractivity contribution in [2.24, 2.45) is 0 Å². The third-order valence-corrected chi connectivity index (χ3v) is 29.7. The summed E-state index contributed by atoms with van der Waals surface area (Å²) in [6, 6.07) is -2.37. The summed E-state index contributed by atoms with van der Waals surface area (Å²) in [7, 11) is -10.9. The van der Waals surface area contributed by atoms with Gasteiger partial charge in [0.15, 0.2) is 25.0 Å². The molecular formula is C41H69F15O5Si3. The average molecular weight is 1010 g/mol. The van der Waals surface area contributed by atoms with Crippen LogP contribution in [0.15, 0.2) is 24.8 Å². The van der Waals surface area contributed by atoms with Crippen molar-refractivity contribution < 1.29 is 88.7 Å². The number of ether oxygens (including phenoxy) is 1. The van der Waals surface area contributed by atoms with Gasteiger partial charge in [0.2, 0.25) is 0 Å². The Balaban J connectivity index is 8.45. The van der Waals surface area contributed by atoms with E-state index in [-0.39, 0.29) is 6.42 Å². The van der Waals surface area contributed by atoms with Crippen LogP contribution < -0.4 is 0 Å². The fraction of sp³-hybridized carbons (Fsp3) is 0.878. The molecule has 0 saturated carbocycles. The van der Waals surface area contributed by atoms with Crippen LogP contribution in [0.5, 0.6) is 0 Å². The van der Waals surface area contributed by atoms with Crippen LogP contribution in [0, 0.1) is 0 Å². The molecule has 0 N–H and O–H groups in total. The van der Waals surface area contributed by atoms with Gasteiger partial charge in [-0.2, -0.15) is 65.9 Å². The molecule has 0 saturated heterocycles. The lowest BCUT2D eigenvalue weighted by Gasteiger charge is -2.48. The summed E-state index contributed by atoms with van der Waals surface area (Å²) in [5, 5.41) is 0. The minimum Gasteiger partial charge on any atom is -0.466 e. The lowest BCUT2D eigenvalue weighted by molar-refractivity contribution is -0.283. The topological polar surface area (TPSA) is 54.0 Å². The van der Waals surface area contributed by atoms with E-state index < -0.39 is 163 Å². The van der Waals surface area contributed by atoms with Gasteiger partial charge in [-0.25, -0.2) is 4.79 Å². The Labute approximate surface area is 372 Å². The molecule has 0 amide bonds. The minimum atomic E-state index is -5.96. The molecule has 0 aromatic carbocycles. The van der Waals surface area contributed by atoms with Crippen LogP contribution in [0.2, 0.25) is 51.4 Å². The molecule has 0 radical (unpaired) electrons. The molecule has 0 aromatic rings. The zero-order valence-corrected chi connectivity index (χ0v) is 42.0. The summed E-state index contributed by atoms with van der Waals surface area (Å²) < 4.78 is 235. The number of rotatable bonds is 28. The van der Waals surface area contributed by atoms with Crippen LogP contribution >= 0.6 is 0 Å². The quantitative estimate of drug-likeness (QED) is 0.0257. The third-order valence-electron chi connectivity index (χ3n) is 12.6. The summed E-state index contributed by atoms with van der Waals surface area (Å²) in [6.07, 6.45) is -24.8. The summed E-state index contributed by atoms with van der Waals surface area (Å²) in [5.41, 5.74) is -4.25. The fourth-order valence-corrected chi connectivity index (χ4v) is 22.3. The monoisotopic (exact) mass is 1010 g/mol. The van der Waals surface area contributed by atoms with Crippen molar-refractivity contribution in [3.63, 3.8) is 0 Å². The predicted molar refractivity (Wildman–Crippen MR) is 224 cm³/mol. The number of hydrogen-bond donors (Lipinski definition) is 0. The number of methoxy groups -OCH3 is 1. The van der Waals surface area contributed by atoms with Gasteiger partial charge in [0, 0.05) is 31.8 Å². The van der Waals surface area contributed by atoms with Crippen LogP contribution in [0.4, 0.5) is 65.9 Å². The summed E-state index contributed by atoms with van der Waals surface area (Å²) in [6.45, 7) is 22.3. The van der Waals surface area contributed by atoms with Crippen molar-refractivity contribution in [3.8, 4) is 0 Å². The van der Waals surface area contributed by atoms with Crippen LogP contribution in [0.25, 0.3) is 0 Å². The standard InChI is InChI=1S/C41H69F15O5Si3/c1-15-16-32(59-62(26(2)3,27(4)5)22-19-36(42,43)39(48,49)50)25-34(61-64(30(10)11,31(12)13)24-21-38(46,47)41(54,55)56)33(17-18-35(57)58-14)60-63(28(6)7,29(8)9)23-20-37(44,45)40(51,52)53/h15,17-18,26-34H,1,16,19-25H2,2-14H3/t32-,33+,34+/m0/s1. The molecule has 3 atom stereocenters. The SMILES string of the molecule is C=CC[C@@H](C[C@@H](O[Si](CCC(F)(F)C(F)(F)F)(C(C)C)C(C)C)[C@@H](C=CC(=O)OC)O[Si](CCC(F)(F)C(F)(F)F)(C(C)C)C(C)C)O[Si](CCC(F)(F)C(F)(F)F)(C(C)C)C(C)C. The van der Waals surface area contributed by atoms with Gasteiger partial charge in [-0.15, -0.1) is 6.58 Å². The molecule has 64 heavy (non-hydrogen) atoms. The Hall–Kier alpha value is -1.57. The molecule has 0 unspecified atom stereocenters. The van der Waals surface area contributed by atoms with Crippen molar-refractivity contribution >= 4 is 30.9 Å². The lowest BCUT2D eigenvalue weighted by atomic mass is 10.0. The molecule has 0 aromatic heterocycles. The number of alkyl halides is 15. The number of hydrogen-bond acceptors (Lipinski definition) is 5. The molecule has 23 heteroatoms. The maximum atomic E-state index is 14.7. The van der Waals surface area contributed by atoms with E-state index >= 15 is 0 Å². The first-order valence-electron chi connectivity index (χ1n) is 21.3. The van der Waals surface area contributed by atoms with Crippen LogP contribution in [0.1, 0.15) is 115 Å². The van der Waals surface area contributed by atoms with Crippen molar-refractivity contribution in [2.75, 3.05) is 7.11 Å². The molecule has 5 nitrogen and oxygen atoms in total. The number of carbonyl (C=O) groups excluding carboxylic acids is 1. The molecule has 0 aliphatic rings. The van der Waals surface area contributed by atoms with Crippen molar-refractivity contribution in [1.82, 2.24) is 0 Å². The second-order valence-corrected chi connectivity index (χ2v) is 33.4. The van der Waals surface area contributed by atoms with Crippen LogP contribution in [-0.2, 0) is 22.8 Å². The molecule has 0 aliphatic heterocycles. The van der Waals surface area contributed by atoms with Gasteiger partial charge in [0.25, 0.3) is 0 Å². The van der Waals surface area contributed by atoms with Crippen molar-refractivity contribution in [2.45, 2.75) is 221 Å². The van der Waals surface area contributed by atoms with E-state index in [0.717, 1.165) is 19.3 Å². The normalized spacial score (nSPS) is 16.3. The summed E-state index contributed by atoms with van der Waals surface area (Å²) in [5.74, 6) is -16.5. The molecule has 0 fully saturated rings. The number of carbonyl (C=O) groups is 1. The van der Waals surface area contributed by atoms with E-state index in [9.17, 15) is 70.7 Å². The maximum absolute atomic E-state index is 14.7. The first-order valence-corrected chi connectivity index (χ1v) is 28.1. The Morgan fingerprint density at radius 2 is 0.812 bits per heavy atom. The lowest BCUT2D eigenvalue weighted by Crippen LogP contribution is -2.56. The van der Waals surface area contributed by atoms with Gasteiger partial charge in [0.1, 0.15) is 0 Å². The van der Waals surface area contributed by atoms with Gasteiger partial charge in [-0.3, -0.25) is 0 Å². The maximum Gasteiger partial charge on any atom is 0.453 e. The summed E-state index contributed by atoms with van der Waals surface area (Å²) in [4.78, 5) is 12.7. The Morgan fingerprint density at radius 3 is 1.08 bits per heavy atom. The zero-order valence-electron chi connectivity index (χ0n) is 39.0. The van der Waals surface area contributed by atoms with Gasteiger partial charge in [-0.1, -0.05) is 89.2 Å². The van der Waals surface area contributed by atoms with E-state index in [1.807, 2.05) is 0 Å². The van der Waals surface area contributed by atoms with Gasteiger partial charge >= 0.3 is 42.3 Å². The van der Waals surface area contributed by atoms with Crippen LogP contribution in [-0.4, -0.2) is 92.6 Å². The van der Waals surface area contributed by atoms with Crippen molar-refractivity contribution in [1.29, 1.82) is 0 Å². The largest absolute Gasteiger partial charge is 0.466 e. The van der Waals surface area contributed by atoms with E-state index in [1.54, 1.807) is 27.7 Å². The third kappa shape index (κ3) is 16.0.